The van der Waals surface area contributed by atoms with Crippen LogP contribution in [0.4, 0.5) is 14.9 Å². The molecule has 3 amide bonds. The molecule has 0 aromatic heterocycles. The minimum absolute atomic E-state index is 0.235. The number of anilines is 1. The lowest BCUT2D eigenvalue weighted by Crippen LogP contribution is -2.42. The minimum atomic E-state index is -0.484. The maximum atomic E-state index is 13.6. The summed E-state index contributed by atoms with van der Waals surface area (Å²) in [4.78, 5) is 24.8. The second kappa shape index (κ2) is 8.47. The van der Waals surface area contributed by atoms with Crippen molar-refractivity contribution in [2.75, 3.05) is 32.0 Å². The number of likely N-dealkylation sites (tertiary alicyclic amines) is 1. The van der Waals surface area contributed by atoms with Crippen molar-refractivity contribution in [1.82, 2.24) is 15.5 Å². The first kappa shape index (κ1) is 17.2. The number of hydrogen-bond donors (Lipinski definition) is 3. The summed E-state index contributed by atoms with van der Waals surface area (Å²) >= 11 is 0. The fraction of sp³-hybridized carbons (Fsp3) is 0.500. The molecule has 1 aromatic rings. The number of urea groups is 1. The monoisotopic (exact) mass is 322 g/mol. The lowest BCUT2D eigenvalue weighted by molar-refractivity contribution is -0.120. The van der Waals surface area contributed by atoms with Crippen molar-refractivity contribution < 1.29 is 14.0 Å². The molecular formula is C16H23FN4O2. The first-order valence-electron chi connectivity index (χ1n) is 7.83. The zero-order chi connectivity index (χ0) is 16.7. The van der Waals surface area contributed by atoms with Crippen LogP contribution in [0.2, 0.25) is 0 Å². The molecule has 1 aliphatic rings. The Labute approximate surface area is 135 Å². The summed E-state index contributed by atoms with van der Waals surface area (Å²) in [7, 11) is 1.47. The van der Waals surface area contributed by atoms with Gasteiger partial charge in [0.1, 0.15) is 5.82 Å². The highest BCUT2D eigenvalue weighted by molar-refractivity contribution is 5.94. The van der Waals surface area contributed by atoms with Crippen LogP contribution in [0.3, 0.4) is 0 Å². The van der Waals surface area contributed by atoms with Gasteiger partial charge < -0.3 is 15.5 Å². The average Bonchev–Trinajstić information content (AvgIpc) is 2.56. The van der Waals surface area contributed by atoms with Crippen molar-refractivity contribution in [3.63, 3.8) is 0 Å². The van der Waals surface area contributed by atoms with Crippen LogP contribution in [0.5, 0.6) is 0 Å². The molecule has 0 atom stereocenters. The number of imide groups is 1. The van der Waals surface area contributed by atoms with E-state index in [-0.39, 0.29) is 17.8 Å². The molecule has 0 radical (unpaired) electrons. The number of piperidine rings is 1. The second-order valence-corrected chi connectivity index (χ2v) is 5.62. The lowest BCUT2D eigenvalue weighted by Gasteiger charge is -2.32. The number of carbonyl (C=O) groups excluding carboxylic acids is 2. The van der Waals surface area contributed by atoms with E-state index in [4.69, 9.17) is 0 Å². The summed E-state index contributed by atoms with van der Waals surface area (Å²) in [5.74, 6) is -0.517. The minimum Gasteiger partial charge on any atom is -0.380 e. The van der Waals surface area contributed by atoms with Crippen molar-refractivity contribution in [1.29, 1.82) is 0 Å². The normalized spacial score (nSPS) is 15.9. The van der Waals surface area contributed by atoms with Crippen LogP contribution >= 0.6 is 0 Å². The lowest BCUT2D eigenvalue weighted by atomic mass is 10.0. The number of nitrogens with one attached hydrogen (secondary N) is 3. The smallest absolute Gasteiger partial charge is 0.321 e. The zero-order valence-corrected chi connectivity index (χ0v) is 13.3. The molecule has 1 fully saturated rings. The molecule has 23 heavy (non-hydrogen) atoms. The third kappa shape index (κ3) is 5.52. The summed E-state index contributed by atoms with van der Waals surface area (Å²) in [6.07, 6.45) is 2.08. The molecule has 0 unspecified atom stereocenters. The Morgan fingerprint density at radius 3 is 2.61 bits per heavy atom. The fourth-order valence-corrected chi connectivity index (χ4v) is 2.61. The molecule has 1 aromatic carbocycles. The molecule has 7 heteroatoms. The predicted octanol–water partition coefficient (Wildman–Crippen LogP) is 1.55. The van der Waals surface area contributed by atoms with E-state index in [0.717, 1.165) is 25.9 Å². The highest BCUT2D eigenvalue weighted by atomic mass is 19.1. The van der Waals surface area contributed by atoms with E-state index in [9.17, 15) is 14.0 Å². The van der Waals surface area contributed by atoms with Crippen LogP contribution in [0.15, 0.2) is 24.3 Å². The maximum absolute atomic E-state index is 13.6. The summed E-state index contributed by atoms with van der Waals surface area (Å²) < 4.78 is 13.6. The van der Waals surface area contributed by atoms with Gasteiger partial charge in [0.15, 0.2) is 0 Å². The van der Waals surface area contributed by atoms with E-state index in [2.05, 4.69) is 20.9 Å². The second-order valence-electron chi connectivity index (χ2n) is 5.62. The van der Waals surface area contributed by atoms with E-state index in [0.29, 0.717) is 18.7 Å². The highest BCUT2D eigenvalue weighted by Crippen LogP contribution is 2.19. The van der Waals surface area contributed by atoms with Crippen LogP contribution in [0.25, 0.3) is 0 Å². The quantitative estimate of drug-likeness (QED) is 0.769. The Hall–Kier alpha value is -2.15. The van der Waals surface area contributed by atoms with Crippen LogP contribution in [0.1, 0.15) is 19.3 Å². The van der Waals surface area contributed by atoms with Gasteiger partial charge >= 0.3 is 6.03 Å². The molecule has 0 bridgehead atoms. The number of carbonyl (C=O) groups is 2. The van der Waals surface area contributed by atoms with Crippen molar-refractivity contribution in [3.05, 3.63) is 30.1 Å². The van der Waals surface area contributed by atoms with Gasteiger partial charge in [0.2, 0.25) is 5.91 Å². The maximum Gasteiger partial charge on any atom is 0.321 e. The van der Waals surface area contributed by atoms with E-state index >= 15 is 0 Å². The number of hydrogen-bond acceptors (Lipinski definition) is 4. The van der Waals surface area contributed by atoms with Gasteiger partial charge in [-0.05, 0) is 25.0 Å². The molecule has 1 aliphatic heterocycles. The third-order valence-electron chi connectivity index (χ3n) is 3.96. The first-order chi connectivity index (χ1) is 11.1. The van der Waals surface area contributed by atoms with Gasteiger partial charge in [-0.3, -0.25) is 10.1 Å². The Morgan fingerprint density at radius 2 is 1.96 bits per heavy atom. The summed E-state index contributed by atoms with van der Waals surface area (Å²) in [5, 5.41) is 7.83. The number of nitrogens with zero attached hydrogens (tertiary/aromatic N) is 1. The van der Waals surface area contributed by atoms with E-state index in [1.807, 2.05) is 6.07 Å². The Balaban J connectivity index is 1.69. The summed E-state index contributed by atoms with van der Waals surface area (Å²) in [6, 6.07) is 6.43. The highest BCUT2D eigenvalue weighted by Gasteiger charge is 2.20. The van der Waals surface area contributed by atoms with E-state index < -0.39 is 6.03 Å². The van der Waals surface area contributed by atoms with Gasteiger partial charge in [-0.2, -0.15) is 0 Å². The Bertz CT molecular complexity index is 545. The number of rotatable bonds is 5. The molecule has 126 valence electrons. The van der Waals surface area contributed by atoms with Crippen LogP contribution < -0.4 is 16.0 Å². The molecule has 2 rings (SSSR count). The number of amides is 3. The molecule has 0 spiro atoms. The van der Waals surface area contributed by atoms with Crippen molar-refractivity contribution >= 4 is 17.6 Å². The molecular weight excluding hydrogens is 299 g/mol. The van der Waals surface area contributed by atoms with Crippen LogP contribution in [-0.2, 0) is 4.79 Å². The summed E-state index contributed by atoms with van der Waals surface area (Å²) in [6.45, 7) is 2.31. The Kier molecular flexibility index (Phi) is 6.34. The van der Waals surface area contributed by atoms with Crippen molar-refractivity contribution in [2.24, 2.45) is 0 Å². The van der Waals surface area contributed by atoms with Gasteiger partial charge in [0, 0.05) is 39.1 Å². The number of benzene rings is 1. The third-order valence-corrected chi connectivity index (χ3v) is 3.96. The van der Waals surface area contributed by atoms with Crippen LogP contribution in [-0.4, -0.2) is 49.6 Å². The SMILES string of the molecule is CNC(=O)NC(=O)CCN1CCC(Nc2ccccc2F)CC1. The Morgan fingerprint density at radius 1 is 1.26 bits per heavy atom. The topological polar surface area (TPSA) is 73.5 Å². The number of halogens is 1. The standard InChI is InChI=1S/C16H23FN4O2/c1-18-16(23)20-15(22)8-11-21-9-6-12(7-10-21)19-14-5-3-2-4-13(14)17/h2-5,12,19H,6-11H2,1H3,(H2,18,20,22,23). The van der Waals surface area contributed by atoms with Gasteiger partial charge in [0.25, 0.3) is 0 Å². The van der Waals surface area contributed by atoms with E-state index in [1.54, 1.807) is 12.1 Å². The van der Waals surface area contributed by atoms with E-state index in [1.165, 1.54) is 13.1 Å². The van der Waals surface area contributed by atoms with Crippen molar-refractivity contribution in [3.8, 4) is 0 Å². The fourth-order valence-electron chi connectivity index (χ4n) is 2.61. The molecule has 0 aliphatic carbocycles. The summed E-state index contributed by atoms with van der Waals surface area (Å²) in [5.41, 5.74) is 0.538. The van der Waals surface area contributed by atoms with Gasteiger partial charge in [0.05, 0.1) is 5.69 Å². The zero-order valence-electron chi connectivity index (χ0n) is 13.3. The molecule has 3 N–H and O–H groups in total. The number of para-hydroxylation sites is 1. The first-order valence-corrected chi connectivity index (χ1v) is 7.83. The van der Waals surface area contributed by atoms with Gasteiger partial charge in [-0.15, -0.1) is 0 Å². The average molecular weight is 322 g/mol. The predicted molar refractivity (Wildman–Crippen MR) is 86.7 cm³/mol. The van der Waals surface area contributed by atoms with Gasteiger partial charge in [-0.25, -0.2) is 9.18 Å². The molecule has 1 saturated heterocycles. The molecule has 6 nitrogen and oxygen atoms in total. The molecule has 1 heterocycles. The largest absolute Gasteiger partial charge is 0.380 e. The van der Waals surface area contributed by atoms with Crippen molar-refractivity contribution in [2.45, 2.75) is 25.3 Å². The molecule has 0 saturated carbocycles. The van der Waals surface area contributed by atoms with Crippen LogP contribution in [0, 0.1) is 5.82 Å². The van der Waals surface area contributed by atoms with Gasteiger partial charge in [-0.1, -0.05) is 12.1 Å².